The van der Waals surface area contributed by atoms with E-state index in [2.05, 4.69) is 19.0 Å². The number of fused-ring (bicyclic) bond motifs is 1. The molecule has 0 spiro atoms. The molecule has 5 nitrogen and oxygen atoms in total. The molecule has 3 unspecified atom stereocenters. The first-order valence-corrected chi connectivity index (χ1v) is 7.00. The van der Waals surface area contributed by atoms with E-state index < -0.39 is 5.60 Å². The molecule has 0 saturated carbocycles. The van der Waals surface area contributed by atoms with Gasteiger partial charge in [-0.15, -0.1) is 0 Å². The molecule has 2 aliphatic rings. The first-order valence-electron chi connectivity index (χ1n) is 7.00. The van der Waals surface area contributed by atoms with Gasteiger partial charge in [-0.05, 0) is 34.9 Å². The van der Waals surface area contributed by atoms with Crippen LogP contribution in [0.3, 0.4) is 0 Å². The van der Waals surface area contributed by atoms with Crippen molar-refractivity contribution < 1.29 is 14.3 Å². The van der Waals surface area contributed by atoms with Gasteiger partial charge in [-0.3, -0.25) is 0 Å². The van der Waals surface area contributed by atoms with Crippen LogP contribution in [0.15, 0.2) is 0 Å². The van der Waals surface area contributed by atoms with Gasteiger partial charge in [0.2, 0.25) is 0 Å². The van der Waals surface area contributed by atoms with Crippen molar-refractivity contribution in [1.29, 1.82) is 0 Å². The second-order valence-corrected chi connectivity index (χ2v) is 6.94. The minimum atomic E-state index is -0.432. The number of hydrogen-bond acceptors (Lipinski definition) is 4. The number of likely N-dealkylation sites (tertiary alicyclic amines) is 1. The highest BCUT2D eigenvalue weighted by molar-refractivity contribution is 5.68. The third-order valence-corrected chi connectivity index (χ3v) is 3.69. The van der Waals surface area contributed by atoms with Crippen LogP contribution in [0.25, 0.3) is 0 Å². The first kappa shape index (κ1) is 14.6. The van der Waals surface area contributed by atoms with E-state index in [0.29, 0.717) is 18.4 Å². The third kappa shape index (κ3) is 3.60. The lowest BCUT2D eigenvalue weighted by molar-refractivity contribution is 0.0220. The number of amides is 1. The third-order valence-electron chi connectivity index (χ3n) is 3.69. The Labute approximate surface area is 115 Å². The summed E-state index contributed by atoms with van der Waals surface area (Å²) in [4.78, 5) is 16.0. The Morgan fingerprint density at radius 1 is 1.37 bits per heavy atom. The van der Waals surface area contributed by atoms with Gasteiger partial charge >= 0.3 is 6.09 Å². The topological polar surface area (TPSA) is 42.0 Å². The molecule has 1 amide bonds. The number of carbonyl (C=O) groups is 1. The summed E-state index contributed by atoms with van der Waals surface area (Å²) in [5.74, 6) is 0.974. The zero-order valence-electron chi connectivity index (χ0n) is 12.7. The minimum Gasteiger partial charge on any atom is -0.444 e. The smallest absolute Gasteiger partial charge is 0.410 e. The Bertz CT molecular complexity index is 338. The van der Waals surface area contributed by atoms with E-state index in [0.717, 1.165) is 19.7 Å². The van der Waals surface area contributed by atoms with Crippen LogP contribution >= 0.6 is 0 Å². The minimum absolute atomic E-state index is 0.192. The molecule has 2 heterocycles. The molecule has 0 N–H and O–H groups in total. The van der Waals surface area contributed by atoms with E-state index >= 15 is 0 Å². The molecule has 0 aromatic heterocycles. The molecule has 0 bridgehead atoms. The second-order valence-electron chi connectivity index (χ2n) is 6.94. The number of nitrogens with zero attached hydrogens (tertiary/aromatic N) is 2. The molecule has 2 fully saturated rings. The molecule has 19 heavy (non-hydrogen) atoms. The largest absolute Gasteiger partial charge is 0.444 e. The maximum absolute atomic E-state index is 12.1. The Morgan fingerprint density at radius 2 is 2.05 bits per heavy atom. The molecule has 110 valence electrons. The van der Waals surface area contributed by atoms with Gasteiger partial charge in [-0.25, -0.2) is 4.79 Å². The van der Waals surface area contributed by atoms with Crippen molar-refractivity contribution in [3.8, 4) is 0 Å². The second kappa shape index (κ2) is 5.29. The molecule has 2 saturated heterocycles. The van der Waals surface area contributed by atoms with Crippen LogP contribution in [-0.2, 0) is 9.47 Å². The SMILES string of the molecule is CN(C)CC1COC2CN(C(=O)OC(C)(C)C)CC12. The fourth-order valence-corrected chi connectivity index (χ4v) is 2.93. The van der Waals surface area contributed by atoms with Crippen LogP contribution in [0.4, 0.5) is 4.79 Å². The van der Waals surface area contributed by atoms with Crippen molar-refractivity contribution in [2.75, 3.05) is 40.3 Å². The maximum Gasteiger partial charge on any atom is 0.410 e. The number of rotatable bonds is 2. The Kier molecular flexibility index (Phi) is 4.06. The van der Waals surface area contributed by atoms with Crippen molar-refractivity contribution in [3.05, 3.63) is 0 Å². The molecular weight excluding hydrogens is 244 g/mol. The Hall–Kier alpha value is -0.810. The summed E-state index contributed by atoms with van der Waals surface area (Å²) in [5, 5.41) is 0. The van der Waals surface area contributed by atoms with Crippen molar-refractivity contribution in [2.45, 2.75) is 32.5 Å². The molecule has 2 rings (SSSR count). The van der Waals surface area contributed by atoms with E-state index in [9.17, 15) is 4.79 Å². The summed E-state index contributed by atoms with van der Waals surface area (Å²) in [6, 6.07) is 0. The fourth-order valence-electron chi connectivity index (χ4n) is 2.93. The summed E-state index contributed by atoms with van der Waals surface area (Å²) < 4.78 is 11.2. The van der Waals surface area contributed by atoms with E-state index in [-0.39, 0.29) is 12.2 Å². The number of ether oxygens (including phenoxy) is 2. The van der Waals surface area contributed by atoms with Crippen LogP contribution < -0.4 is 0 Å². The van der Waals surface area contributed by atoms with Crippen molar-refractivity contribution in [1.82, 2.24) is 9.80 Å². The Balaban J connectivity index is 1.91. The van der Waals surface area contributed by atoms with Gasteiger partial charge in [-0.1, -0.05) is 0 Å². The summed E-state index contributed by atoms with van der Waals surface area (Å²) in [7, 11) is 4.15. The lowest BCUT2D eigenvalue weighted by Crippen LogP contribution is -2.37. The van der Waals surface area contributed by atoms with Gasteiger partial charge in [0.05, 0.1) is 19.3 Å². The highest BCUT2D eigenvalue weighted by atomic mass is 16.6. The van der Waals surface area contributed by atoms with Crippen LogP contribution in [0, 0.1) is 11.8 Å². The number of hydrogen-bond donors (Lipinski definition) is 0. The van der Waals surface area contributed by atoms with E-state index in [1.165, 1.54) is 0 Å². The average Bonchev–Trinajstić information content (AvgIpc) is 2.77. The summed E-state index contributed by atoms with van der Waals surface area (Å²) in [6.45, 7) is 8.95. The highest BCUT2D eigenvalue weighted by Crippen LogP contribution is 2.34. The van der Waals surface area contributed by atoms with Crippen molar-refractivity contribution in [2.24, 2.45) is 11.8 Å². The molecule has 0 aliphatic carbocycles. The van der Waals surface area contributed by atoms with Gasteiger partial charge in [0.25, 0.3) is 0 Å². The summed E-state index contributed by atoms with van der Waals surface area (Å²) in [5.41, 5.74) is -0.432. The first-order chi connectivity index (χ1) is 8.76. The van der Waals surface area contributed by atoms with E-state index in [1.54, 1.807) is 4.90 Å². The lowest BCUT2D eigenvalue weighted by Gasteiger charge is -2.25. The van der Waals surface area contributed by atoms with Gasteiger partial charge in [0.1, 0.15) is 5.60 Å². The predicted molar refractivity (Wildman–Crippen MR) is 73.1 cm³/mol. The highest BCUT2D eigenvalue weighted by Gasteiger charge is 2.46. The quantitative estimate of drug-likeness (QED) is 0.761. The van der Waals surface area contributed by atoms with Crippen LogP contribution in [-0.4, -0.2) is 67.9 Å². The predicted octanol–water partition coefficient (Wildman–Crippen LogP) is 1.43. The van der Waals surface area contributed by atoms with Gasteiger partial charge in [0, 0.05) is 24.9 Å². The van der Waals surface area contributed by atoms with Gasteiger partial charge < -0.3 is 19.3 Å². The molecule has 2 aliphatic heterocycles. The molecule has 0 radical (unpaired) electrons. The van der Waals surface area contributed by atoms with Crippen molar-refractivity contribution >= 4 is 6.09 Å². The van der Waals surface area contributed by atoms with Crippen LogP contribution in [0.1, 0.15) is 20.8 Å². The molecule has 5 heteroatoms. The maximum atomic E-state index is 12.1. The zero-order chi connectivity index (χ0) is 14.2. The van der Waals surface area contributed by atoms with Crippen LogP contribution in [0.5, 0.6) is 0 Å². The molecule has 0 aromatic rings. The fraction of sp³-hybridized carbons (Fsp3) is 0.929. The Morgan fingerprint density at radius 3 is 2.63 bits per heavy atom. The number of carbonyl (C=O) groups excluding carboxylic acids is 1. The molecule has 3 atom stereocenters. The summed E-state index contributed by atoms with van der Waals surface area (Å²) in [6.07, 6.45) is -0.0217. The van der Waals surface area contributed by atoms with Crippen molar-refractivity contribution in [3.63, 3.8) is 0 Å². The van der Waals surface area contributed by atoms with E-state index in [4.69, 9.17) is 9.47 Å². The van der Waals surface area contributed by atoms with Crippen LogP contribution in [0.2, 0.25) is 0 Å². The monoisotopic (exact) mass is 270 g/mol. The molecular formula is C14H26N2O3. The van der Waals surface area contributed by atoms with E-state index in [1.807, 2.05) is 20.8 Å². The molecule has 0 aromatic carbocycles. The summed E-state index contributed by atoms with van der Waals surface area (Å²) >= 11 is 0. The average molecular weight is 270 g/mol. The van der Waals surface area contributed by atoms with Gasteiger partial charge in [-0.2, -0.15) is 0 Å². The van der Waals surface area contributed by atoms with Gasteiger partial charge in [0.15, 0.2) is 0 Å². The normalized spacial score (nSPS) is 30.8. The standard InChI is InChI=1S/C14H26N2O3/c1-14(2,3)19-13(17)16-7-11-10(6-15(4)5)9-18-12(11)8-16/h10-12H,6-9H2,1-5H3. The zero-order valence-corrected chi connectivity index (χ0v) is 12.7. The lowest BCUT2D eigenvalue weighted by atomic mass is 9.93.